The van der Waals surface area contributed by atoms with Crippen molar-refractivity contribution < 1.29 is 5.11 Å². The maximum Gasteiger partial charge on any atom is 0.115 e. The first-order valence-corrected chi connectivity index (χ1v) is 3.13. The van der Waals surface area contributed by atoms with Crippen LogP contribution in [-0.2, 0) is 0 Å². The Morgan fingerprint density at radius 3 is 2.56 bits per heavy atom. The molecular weight excluding hydrogens is 132 g/mol. The molecule has 0 saturated carbocycles. The lowest BCUT2D eigenvalue weighted by atomic mass is 10.2. The van der Waals surface area contributed by atoms with Gasteiger partial charge in [-0.25, -0.2) is 0 Å². The Balaban J connectivity index is 3.17. The van der Waals surface area contributed by atoms with E-state index in [9.17, 15) is 0 Å². The van der Waals surface area contributed by atoms with Crippen LogP contribution in [0.5, 0.6) is 5.75 Å². The third-order valence-corrected chi connectivity index (χ3v) is 1.68. The molecule has 0 aliphatic rings. The molecule has 0 atom stereocenters. The first-order chi connectivity index (χ1) is 4.20. The summed E-state index contributed by atoms with van der Waals surface area (Å²) in [6, 6.07) is 5.07. The van der Waals surface area contributed by atoms with E-state index >= 15 is 0 Å². The third kappa shape index (κ3) is 1.39. The van der Waals surface area contributed by atoms with Crippen LogP contribution in [0.15, 0.2) is 23.1 Å². The summed E-state index contributed by atoms with van der Waals surface area (Å²) in [5.41, 5.74) is 0.998. The molecule has 1 rings (SSSR count). The summed E-state index contributed by atoms with van der Waals surface area (Å²) < 4.78 is 0. The molecule has 1 aromatic rings. The fourth-order valence-corrected chi connectivity index (χ4v) is 0.779. The van der Waals surface area contributed by atoms with E-state index in [2.05, 4.69) is 12.6 Å². The molecule has 0 unspecified atom stereocenters. The van der Waals surface area contributed by atoms with Gasteiger partial charge in [0.15, 0.2) is 0 Å². The zero-order chi connectivity index (χ0) is 6.85. The number of phenols is 1. The zero-order valence-corrected chi connectivity index (χ0v) is 6.02. The van der Waals surface area contributed by atoms with E-state index in [0.717, 1.165) is 10.5 Å². The van der Waals surface area contributed by atoms with Crippen molar-refractivity contribution in [3.8, 4) is 5.75 Å². The van der Waals surface area contributed by atoms with Gasteiger partial charge in [-0.2, -0.15) is 0 Å². The summed E-state index contributed by atoms with van der Waals surface area (Å²) in [7, 11) is 0. The standard InChI is InChI=1S/C7H8OS/c1-5-4-6(8)2-3-7(5)9/h2-4,8-9H,1H3. The lowest BCUT2D eigenvalue weighted by Gasteiger charge is -1.96. The second kappa shape index (κ2) is 2.31. The van der Waals surface area contributed by atoms with Crippen molar-refractivity contribution >= 4 is 12.6 Å². The van der Waals surface area contributed by atoms with Crippen molar-refractivity contribution in [3.05, 3.63) is 23.8 Å². The lowest BCUT2D eigenvalue weighted by Crippen LogP contribution is -1.73. The molecule has 0 aliphatic heterocycles. The van der Waals surface area contributed by atoms with E-state index in [1.165, 1.54) is 0 Å². The number of phenolic OH excluding ortho intramolecular Hbond substituents is 1. The van der Waals surface area contributed by atoms with Crippen LogP contribution >= 0.6 is 12.6 Å². The topological polar surface area (TPSA) is 20.2 Å². The van der Waals surface area contributed by atoms with Crippen LogP contribution in [0.25, 0.3) is 0 Å². The van der Waals surface area contributed by atoms with Crippen LogP contribution in [-0.4, -0.2) is 5.11 Å². The average molecular weight is 140 g/mol. The Hall–Kier alpha value is -0.630. The number of hydrogen-bond acceptors (Lipinski definition) is 2. The highest BCUT2D eigenvalue weighted by Gasteiger charge is 1.91. The highest BCUT2D eigenvalue weighted by atomic mass is 32.1. The molecule has 1 aromatic carbocycles. The van der Waals surface area contributed by atoms with Gasteiger partial charge in [0.2, 0.25) is 0 Å². The summed E-state index contributed by atoms with van der Waals surface area (Å²) in [5.74, 6) is 0.297. The predicted octanol–water partition coefficient (Wildman–Crippen LogP) is 1.99. The van der Waals surface area contributed by atoms with Gasteiger partial charge in [0.05, 0.1) is 0 Å². The van der Waals surface area contributed by atoms with Crippen LogP contribution in [0, 0.1) is 6.92 Å². The van der Waals surface area contributed by atoms with Gasteiger partial charge in [-0.15, -0.1) is 12.6 Å². The molecule has 0 heterocycles. The molecule has 1 N–H and O–H groups in total. The normalized spacial score (nSPS) is 9.56. The number of hydrogen-bond donors (Lipinski definition) is 2. The van der Waals surface area contributed by atoms with Gasteiger partial charge >= 0.3 is 0 Å². The number of aryl methyl sites for hydroxylation is 1. The first kappa shape index (κ1) is 6.49. The first-order valence-electron chi connectivity index (χ1n) is 2.69. The summed E-state index contributed by atoms with van der Waals surface area (Å²) >= 11 is 4.13. The number of thiol groups is 1. The van der Waals surface area contributed by atoms with E-state index in [4.69, 9.17) is 5.11 Å². The lowest BCUT2D eigenvalue weighted by molar-refractivity contribution is 0.474. The monoisotopic (exact) mass is 140 g/mol. The largest absolute Gasteiger partial charge is 0.508 e. The van der Waals surface area contributed by atoms with Crippen LogP contribution in [0.3, 0.4) is 0 Å². The maximum absolute atomic E-state index is 8.90. The molecule has 0 aromatic heterocycles. The van der Waals surface area contributed by atoms with Crippen molar-refractivity contribution in [2.24, 2.45) is 0 Å². The predicted molar refractivity (Wildman–Crippen MR) is 40.1 cm³/mol. The minimum Gasteiger partial charge on any atom is -0.508 e. The molecule has 0 spiro atoms. The Labute approximate surface area is 59.7 Å². The zero-order valence-electron chi connectivity index (χ0n) is 5.13. The van der Waals surface area contributed by atoms with E-state index in [1.54, 1.807) is 18.2 Å². The third-order valence-electron chi connectivity index (χ3n) is 1.18. The molecule has 0 aliphatic carbocycles. The van der Waals surface area contributed by atoms with Crippen LogP contribution in [0.1, 0.15) is 5.56 Å². The Morgan fingerprint density at radius 1 is 1.44 bits per heavy atom. The molecule has 48 valence electrons. The van der Waals surface area contributed by atoms with Gasteiger partial charge in [-0.05, 0) is 30.7 Å². The molecule has 0 bridgehead atoms. The minimum absolute atomic E-state index is 0.297. The second-order valence-electron chi connectivity index (χ2n) is 1.97. The van der Waals surface area contributed by atoms with E-state index < -0.39 is 0 Å². The Kier molecular flexibility index (Phi) is 1.67. The maximum atomic E-state index is 8.90. The number of benzene rings is 1. The SMILES string of the molecule is Cc1cc(O)ccc1S. The second-order valence-corrected chi connectivity index (χ2v) is 2.45. The van der Waals surface area contributed by atoms with E-state index in [-0.39, 0.29) is 0 Å². The van der Waals surface area contributed by atoms with Gasteiger partial charge in [-0.1, -0.05) is 0 Å². The molecule has 2 heteroatoms. The van der Waals surface area contributed by atoms with Gasteiger partial charge < -0.3 is 5.11 Å². The molecular formula is C7H8OS. The fraction of sp³-hybridized carbons (Fsp3) is 0.143. The van der Waals surface area contributed by atoms with Crippen molar-refractivity contribution in [1.29, 1.82) is 0 Å². The summed E-state index contributed by atoms with van der Waals surface area (Å²) in [6.45, 7) is 1.90. The van der Waals surface area contributed by atoms with E-state index in [1.807, 2.05) is 6.92 Å². The van der Waals surface area contributed by atoms with Crippen molar-refractivity contribution in [2.75, 3.05) is 0 Å². The van der Waals surface area contributed by atoms with Gasteiger partial charge in [0.25, 0.3) is 0 Å². The van der Waals surface area contributed by atoms with Crippen molar-refractivity contribution in [3.63, 3.8) is 0 Å². The van der Waals surface area contributed by atoms with E-state index in [0.29, 0.717) is 5.75 Å². The molecule has 0 amide bonds. The molecule has 0 radical (unpaired) electrons. The smallest absolute Gasteiger partial charge is 0.115 e. The van der Waals surface area contributed by atoms with Gasteiger partial charge in [0.1, 0.15) is 5.75 Å². The summed E-state index contributed by atoms with van der Waals surface area (Å²) in [4.78, 5) is 0.910. The van der Waals surface area contributed by atoms with Crippen LogP contribution in [0.4, 0.5) is 0 Å². The molecule has 1 nitrogen and oxygen atoms in total. The van der Waals surface area contributed by atoms with Crippen molar-refractivity contribution in [1.82, 2.24) is 0 Å². The molecule has 9 heavy (non-hydrogen) atoms. The number of aromatic hydroxyl groups is 1. The van der Waals surface area contributed by atoms with Crippen LogP contribution in [0.2, 0.25) is 0 Å². The van der Waals surface area contributed by atoms with Crippen molar-refractivity contribution in [2.45, 2.75) is 11.8 Å². The quantitative estimate of drug-likeness (QED) is 0.528. The minimum atomic E-state index is 0.297. The van der Waals surface area contributed by atoms with Gasteiger partial charge in [0, 0.05) is 4.90 Å². The highest BCUT2D eigenvalue weighted by Crippen LogP contribution is 2.17. The highest BCUT2D eigenvalue weighted by molar-refractivity contribution is 7.80. The summed E-state index contributed by atoms with van der Waals surface area (Å²) in [5, 5.41) is 8.90. The molecule has 0 fully saturated rings. The molecule has 0 saturated heterocycles. The fourth-order valence-electron chi connectivity index (χ4n) is 0.640. The Bertz CT molecular complexity index is 220. The van der Waals surface area contributed by atoms with Crippen LogP contribution < -0.4 is 0 Å². The number of rotatable bonds is 0. The average Bonchev–Trinajstić information content (AvgIpc) is 1.80. The summed E-state index contributed by atoms with van der Waals surface area (Å²) in [6.07, 6.45) is 0. The van der Waals surface area contributed by atoms with Gasteiger partial charge in [-0.3, -0.25) is 0 Å². The Morgan fingerprint density at radius 2 is 2.11 bits per heavy atom.